The van der Waals surface area contributed by atoms with Gasteiger partial charge >= 0.3 is 23.9 Å². The lowest BCUT2D eigenvalue weighted by Gasteiger charge is -2.38. The van der Waals surface area contributed by atoms with Gasteiger partial charge in [-0.3, -0.25) is 9.78 Å². The van der Waals surface area contributed by atoms with Gasteiger partial charge in [0.05, 0.1) is 34.5 Å². The Morgan fingerprint density at radius 1 is 0.931 bits per heavy atom. The molecule has 17 heteroatoms. The molecule has 0 unspecified atom stereocenters. The number of hydrogen-bond donors (Lipinski definition) is 2. The molecule has 3 aromatic carbocycles. The van der Waals surface area contributed by atoms with Crippen LogP contribution in [0.2, 0.25) is 5.02 Å². The number of piperazine rings is 1. The number of ether oxygens (including phenoxy) is 2. The van der Waals surface area contributed by atoms with Gasteiger partial charge < -0.3 is 29.9 Å². The number of aromatic nitrogens is 3. The SMILES string of the molecule is CCCCCCOC(=O)c1ccc(N2CCN(C(=O)[C@@H](Cc3cc(Cl)c(N)c(C(F)(F)F)c3)OC(=O)N3CCC(n4nc(-c5ccccc5)[nH]c4=O)CC3)CC2)cc1. The van der Waals surface area contributed by atoms with E-state index in [4.69, 9.17) is 26.8 Å². The van der Waals surface area contributed by atoms with Crippen LogP contribution in [0.15, 0.2) is 71.5 Å². The smallest absolute Gasteiger partial charge is 0.418 e. The zero-order valence-corrected chi connectivity index (χ0v) is 32.9. The highest BCUT2D eigenvalue weighted by atomic mass is 35.5. The first-order chi connectivity index (χ1) is 27.8. The molecule has 0 saturated carbocycles. The van der Waals surface area contributed by atoms with Crippen LogP contribution >= 0.6 is 11.6 Å². The Balaban J connectivity index is 1.11. The van der Waals surface area contributed by atoms with Gasteiger partial charge in [0.25, 0.3) is 5.91 Å². The molecule has 4 aromatic rings. The maximum atomic E-state index is 14.1. The molecule has 3 heterocycles. The van der Waals surface area contributed by atoms with E-state index in [-0.39, 0.29) is 54.9 Å². The minimum atomic E-state index is -4.81. The summed E-state index contributed by atoms with van der Waals surface area (Å²) in [5, 5.41) is 4.14. The summed E-state index contributed by atoms with van der Waals surface area (Å²) in [5.74, 6) is -0.536. The van der Waals surface area contributed by atoms with Gasteiger partial charge in [-0.2, -0.15) is 13.2 Å². The number of benzene rings is 3. The first-order valence-electron chi connectivity index (χ1n) is 19.5. The van der Waals surface area contributed by atoms with Crippen LogP contribution in [0.1, 0.15) is 73.0 Å². The van der Waals surface area contributed by atoms with Gasteiger partial charge in [-0.05, 0) is 61.2 Å². The number of alkyl halides is 3. The average Bonchev–Trinajstić information content (AvgIpc) is 3.62. The topological polar surface area (TPSA) is 156 Å². The number of amides is 2. The number of rotatable bonds is 13. The van der Waals surface area contributed by atoms with E-state index in [1.54, 1.807) is 12.1 Å². The molecule has 2 saturated heterocycles. The summed E-state index contributed by atoms with van der Waals surface area (Å²) in [7, 11) is 0. The van der Waals surface area contributed by atoms with Gasteiger partial charge in [-0.15, -0.1) is 5.10 Å². The summed E-state index contributed by atoms with van der Waals surface area (Å²) in [6, 6.07) is 18.0. The Morgan fingerprint density at radius 3 is 2.28 bits per heavy atom. The fraction of sp³-hybridized carbons (Fsp3) is 0.439. The summed E-state index contributed by atoms with van der Waals surface area (Å²) < 4.78 is 54.2. The first kappa shape index (κ1) is 42.1. The predicted molar refractivity (Wildman–Crippen MR) is 213 cm³/mol. The van der Waals surface area contributed by atoms with Crippen molar-refractivity contribution < 1.29 is 37.0 Å². The maximum absolute atomic E-state index is 14.1. The van der Waals surface area contributed by atoms with Crippen LogP contribution in [-0.2, 0) is 26.9 Å². The van der Waals surface area contributed by atoms with Gasteiger partial charge in [0.15, 0.2) is 11.9 Å². The molecule has 58 heavy (non-hydrogen) atoms. The van der Waals surface area contributed by atoms with Crippen LogP contribution in [0.5, 0.6) is 0 Å². The van der Waals surface area contributed by atoms with E-state index in [1.165, 1.54) is 20.5 Å². The van der Waals surface area contributed by atoms with Gasteiger partial charge in [0.2, 0.25) is 0 Å². The van der Waals surface area contributed by atoms with Crippen molar-refractivity contribution in [2.75, 3.05) is 56.5 Å². The number of hydrogen-bond acceptors (Lipinski definition) is 9. The molecule has 310 valence electrons. The number of esters is 1. The van der Waals surface area contributed by atoms with Crippen LogP contribution < -0.4 is 16.3 Å². The van der Waals surface area contributed by atoms with Crippen LogP contribution in [0.25, 0.3) is 11.4 Å². The Kier molecular flexibility index (Phi) is 13.7. The van der Waals surface area contributed by atoms with Gasteiger partial charge in [-0.1, -0.05) is 68.1 Å². The number of piperidine rings is 1. The highest BCUT2D eigenvalue weighted by molar-refractivity contribution is 6.33. The Morgan fingerprint density at radius 2 is 1.62 bits per heavy atom. The molecule has 3 N–H and O–H groups in total. The largest absolute Gasteiger partial charge is 0.462 e. The summed E-state index contributed by atoms with van der Waals surface area (Å²) in [4.78, 5) is 60.7. The molecular formula is C41H47ClF3N7O6. The van der Waals surface area contributed by atoms with Crippen molar-refractivity contribution in [2.24, 2.45) is 0 Å². The molecule has 2 amide bonds. The molecule has 0 bridgehead atoms. The first-order valence-corrected chi connectivity index (χ1v) is 19.9. The number of nitrogens with one attached hydrogen (secondary N) is 1. The molecule has 6 rings (SSSR count). The number of carbonyl (C=O) groups excluding carboxylic acids is 3. The molecule has 2 aliphatic rings. The Hall–Kier alpha value is -5.51. The molecule has 2 fully saturated rings. The van der Waals surface area contributed by atoms with Crippen molar-refractivity contribution in [2.45, 2.75) is 70.2 Å². The number of nitrogens with two attached hydrogens (primary N) is 1. The lowest BCUT2D eigenvalue weighted by Crippen LogP contribution is -2.53. The second-order valence-corrected chi connectivity index (χ2v) is 14.9. The van der Waals surface area contributed by atoms with Crippen molar-refractivity contribution >= 4 is 40.9 Å². The fourth-order valence-electron chi connectivity index (χ4n) is 7.19. The number of unbranched alkanes of at least 4 members (excludes halogenated alkanes) is 3. The number of halogens is 4. The lowest BCUT2D eigenvalue weighted by atomic mass is 10.0. The van der Waals surface area contributed by atoms with E-state index in [1.807, 2.05) is 47.4 Å². The normalized spacial score (nSPS) is 15.6. The number of aromatic amines is 1. The van der Waals surface area contributed by atoms with Crippen molar-refractivity contribution in [1.82, 2.24) is 24.6 Å². The van der Waals surface area contributed by atoms with Gasteiger partial charge in [0, 0.05) is 56.9 Å². The zero-order valence-electron chi connectivity index (χ0n) is 32.2. The number of likely N-dealkylation sites (tertiary alicyclic amines) is 1. The van der Waals surface area contributed by atoms with E-state index in [2.05, 4.69) is 17.0 Å². The third-order valence-electron chi connectivity index (χ3n) is 10.5. The average molecular weight is 826 g/mol. The van der Waals surface area contributed by atoms with E-state index in [9.17, 15) is 32.3 Å². The Labute approximate surface area is 338 Å². The highest BCUT2D eigenvalue weighted by Crippen LogP contribution is 2.38. The summed E-state index contributed by atoms with van der Waals surface area (Å²) in [5.41, 5.74) is 5.52. The third-order valence-corrected chi connectivity index (χ3v) is 10.8. The minimum absolute atomic E-state index is 0.0155. The van der Waals surface area contributed by atoms with E-state index < -0.39 is 41.5 Å². The van der Waals surface area contributed by atoms with Gasteiger partial charge in [0.1, 0.15) is 0 Å². The van der Waals surface area contributed by atoms with Crippen LogP contribution in [0.3, 0.4) is 0 Å². The summed E-state index contributed by atoms with van der Waals surface area (Å²) >= 11 is 6.12. The number of anilines is 2. The van der Waals surface area contributed by atoms with Crippen LogP contribution in [0.4, 0.5) is 29.3 Å². The maximum Gasteiger partial charge on any atom is 0.418 e. The second-order valence-electron chi connectivity index (χ2n) is 14.5. The minimum Gasteiger partial charge on any atom is -0.462 e. The second kappa shape index (κ2) is 18.8. The van der Waals surface area contributed by atoms with Gasteiger partial charge in [-0.25, -0.2) is 19.1 Å². The molecule has 2 aliphatic heterocycles. The molecule has 1 atom stereocenters. The van der Waals surface area contributed by atoms with Crippen molar-refractivity contribution in [1.29, 1.82) is 0 Å². The molecule has 1 aromatic heterocycles. The molecule has 0 radical (unpaired) electrons. The number of H-pyrrole nitrogens is 1. The summed E-state index contributed by atoms with van der Waals surface area (Å²) in [6.07, 6.45) is -2.75. The molecule has 0 aliphatic carbocycles. The third kappa shape index (κ3) is 10.3. The summed E-state index contributed by atoms with van der Waals surface area (Å²) in [6.45, 7) is 4.14. The van der Waals surface area contributed by atoms with Crippen LogP contribution in [0, 0.1) is 0 Å². The zero-order chi connectivity index (χ0) is 41.4. The monoisotopic (exact) mass is 825 g/mol. The number of nitrogen functional groups attached to an aromatic ring is 1. The molecule has 13 nitrogen and oxygen atoms in total. The fourth-order valence-corrected chi connectivity index (χ4v) is 7.44. The standard InChI is InChI=1S/C41H47ClF3N7O6/c1-2-3-4-8-23-57-38(54)29-11-13-30(14-12-29)49-19-21-50(22-20-49)37(53)34(26-27-24-32(41(43,44)45)35(46)33(42)25-27)58-40(56)51-17-15-31(16-18-51)52-39(55)47-36(48-52)28-9-6-5-7-10-28/h5-7,9-14,24-25,31,34H,2-4,8,15-23,26,46H2,1H3,(H,47,48,55)/t34-/m1/s1. The molecule has 0 spiro atoms. The Bertz CT molecular complexity index is 2100. The van der Waals surface area contributed by atoms with Crippen LogP contribution in [-0.4, -0.2) is 94.5 Å². The highest BCUT2D eigenvalue weighted by Gasteiger charge is 2.37. The van der Waals surface area contributed by atoms with Crippen molar-refractivity contribution in [3.05, 3.63) is 98.9 Å². The van der Waals surface area contributed by atoms with E-state index in [0.717, 1.165) is 43.0 Å². The quantitative estimate of drug-likeness (QED) is 0.0827. The number of carbonyl (C=O) groups is 3. The number of nitrogens with zero attached hydrogens (tertiary/aromatic N) is 5. The molecular weight excluding hydrogens is 779 g/mol. The lowest BCUT2D eigenvalue weighted by molar-refractivity contribution is -0.141. The van der Waals surface area contributed by atoms with Crippen molar-refractivity contribution in [3.63, 3.8) is 0 Å². The van der Waals surface area contributed by atoms with E-state index in [0.29, 0.717) is 43.9 Å². The van der Waals surface area contributed by atoms with E-state index >= 15 is 0 Å². The van der Waals surface area contributed by atoms with Crippen molar-refractivity contribution in [3.8, 4) is 11.4 Å². The predicted octanol–water partition coefficient (Wildman–Crippen LogP) is 6.96.